The minimum Gasteiger partial charge on any atom is -0.267 e. The number of hydrogen-bond donors (Lipinski definition) is 0. The molecule has 0 aliphatic carbocycles. The summed E-state index contributed by atoms with van der Waals surface area (Å²) < 4.78 is 0. The first-order valence-electron chi connectivity index (χ1n) is 5.95. The van der Waals surface area contributed by atoms with Crippen molar-refractivity contribution in [3.63, 3.8) is 0 Å². The predicted molar refractivity (Wildman–Crippen MR) is 61.4 cm³/mol. The van der Waals surface area contributed by atoms with Crippen molar-refractivity contribution in [1.82, 2.24) is 4.98 Å². The summed E-state index contributed by atoms with van der Waals surface area (Å²) in [5.41, 5.74) is 0.869. The minimum atomic E-state index is -0.0499. The number of nitrogens with zero attached hydrogens (tertiary/aromatic N) is 1. The number of hydrogen-bond acceptors (Lipinski definition) is 1. The molecule has 0 saturated heterocycles. The van der Waals surface area contributed by atoms with Gasteiger partial charge in [0, 0.05) is 11.8 Å². The number of aromatic nitrogens is 1. The van der Waals surface area contributed by atoms with Gasteiger partial charge >= 0.3 is 0 Å². The van der Waals surface area contributed by atoms with Gasteiger partial charge in [0.2, 0.25) is 0 Å². The molecule has 1 aromatic heterocycles. The van der Waals surface area contributed by atoms with Gasteiger partial charge in [-0.15, -0.1) is 0 Å². The Hall–Kier alpha value is -1.05. The molecular formula is C13H20NO. The zero-order valence-corrected chi connectivity index (χ0v) is 9.54. The standard InChI is InChI=1S/C13H20NO/c1-2-3-4-5-6-7-9-12-10-8-11-14-13(12)15/h8,10-11H,2-7,9H2,1H3. The van der Waals surface area contributed by atoms with Crippen LogP contribution in [0.1, 0.15) is 51.0 Å². The normalized spacial score (nSPS) is 10.5. The zero-order valence-electron chi connectivity index (χ0n) is 9.54. The van der Waals surface area contributed by atoms with Crippen LogP contribution in [-0.2, 0) is 11.5 Å². The van der Waals surface area contributed by atoms with E-state index < -0.39 is 0 Å². The summed E-state index contributed by atoms with van der Waals surface area (Å²) in [7, 11) is 0. The average molecular weight is 206 g/mol. The molecule has 0 aromatic carbocycles. The fraction of sp³-hybridized carbons (Fsp3) is 0.615. The van der Waals surface area contributed by atoms with Crippen molar-refractivity contribution in [3.8, 4) is 5.88 Å². The zero-order chi connectivity index (χ0) is 10.9. The van der Waals surface area contributed by atoms with Gasteiger partial charge in [-0.1, -0.05) is 45.1 Å². The van der Waals surface area contributed by atoms with E-state index in [9.17, 15) is 5.11 Å². The summed E-state index contributed by atoms with van der Waals surface area (Å²) in [5, 5.41) is 11.3. The highest BCUT2D eigenvalue weighted by Gasteiger charge is 2.01. The third-order valence-electron chi connectivity index (χ3n) is 2.65. The highest BCUT2D eigenvalue weighted by molar-refractivity contribution is 5.23. The lowest BCUT2D eigenvalue weighted by atomic mass is 10.1. The first-order valence-corrected chi connectivity index (χ1v) is 5.95. The molecule has 1 aromatic rings. The van der Waals surface area contributed by atoms with Crippen LogP contribution in [0.2, 0.25) is 0 Å². The molecule has 0 unspecified atom stereocenters. The van der Waals surface area contributed by atoms with Crippen LogP contribution >= 0.6 is 0 Å². The summed E-state index contributed by atoms with van der Waals surface area (Å²) in [6.45, 7) is 2.22. The first-order chi connectivity index (χ1) is 7.34. The summed E-state index contributed by atoms with van der Waals surface area (Å²) in [4.78, 5) is 3.75. The lowest BCUT2D eigenvalue weighted by molar-refractivity contribution is 0.331. The van der Waals surface area contributed by atoms with E-state index in [1.165, 1.54) is 32.1 Å². The van der Waals surface area contributed by atoms with Gasteiger partial charge in [0.1, 0.15) is 0 Å². The van der Waals surface area contributed by atoms with Crippen LogP contribution < -0.4 is 0 Å². The van der Waals surface area contributed by atoms with Crippen molar-refractivity contribution in [2.45, 2.75) is 51.9 Å². The molecule has 0 aliphatic rings. The topological polar surface area (TPSA) is 32.8 Å². The molecule has 0 fully saturated rings. The Labute approximate surface area is 92.4 Å². The maximum Gasteiger partial charge on any atom is 0.272 e. The van der Waals surface area contributed by atoms with E-state index in [4.69, 9.17) is 0 Å². The van der Waals surface area contributed by atoms with Crippen LogP contribution in [0.25, 0.3) is 0 Å². The molecule has 0 saturated carbocycles. The maximum atomic E-state index is 11.3. The molecule has 2 nitrogen and oxygen atoms in total. The fourth-order valence-electron chi connectivity index (χ4n) is 1.71. The van der Waals surface area contributed by atoms with Gasteiger partial charge in [0.15, 0.2) is 0 Å². The largest absolute Gasteiger partial charge is 0.272 e. The average Bonchev–Trinajstić information content (AvgIpc) is 2.25. The van der Waals surface area contributed by atoms with Crippen LogP contribution in [-0.4, -0.2) is 4.98 Å². The molecule has 0 amide bonds. The number of aryl methyl sites for hydroxylation is 1. The van der Waals surface area contributed by atoms with Gasteiger partial charge in [0.05, 0.1) is 0 Å². The lowest BCUT2D eigenvalue weighted by Gasteiger charge is -2.01. The molecule has 83 valence electrons. The second-order valence-corrected chi connectivity index (χ2v) is 3.99. The van der Waals surface area contributed by atoms with Crippen LogP contribution in [0.5, 0.6) is 5.88 Å². The Morgan fingerprint density at radius 1 is 1.13 bits per heavy atom. The number of rotatable bonds is 7. The van der Waals surface area contributed by atoms with Gasteiger partial charge in [-0.3, -0.25) is 5.11 Å². The molecule has 1 heterocycles. The molecular weight excluding hydrogens is 186 g/mol. The monoisotopic (exact) mass is 206 g/mol. The van der Waals surface area contributed by atoms with Crippen molar-refractivity contribution < 1.29 is 5.11 Å². The van der Waals surface area contributed by atoms with Crippen molar-refractivity contribution in [2.75, 3.05) is 0 Å². The molecule has 0 N–H and O–H groups in total. The van der Waals surface area contributed by atoms with Gasteiger partial charge in [-0.2, -0.15) is 0 Å². The van der Waals surface area contributed by atoms with E-state index in [0.29, 0.717) is 0 Å². The quantitative estimate of drug-likeness (QED) is 0.617. The van der Waals surface area contributed by atoms with E-state index in [-0.39, 0.29) is 5.88 Å². The fourth-order valence-corrected chi connectivity index (χ4v) is 1.71. The van der Waals surface area contributed by atoms with Gasteiger partial charge in [0.25, 0.3) is 5.88 Å². The van der Waals surface area contributed by atoms with E-state index in [1.54, 1.807) is 6.20 Å². The van der Waals surface area contributed by atoms with Crippen molar-refractivity contribution in [1.29, 1.82) is 0 Å². The number of pyridine rings is 1. The lowest BCUT2D eigenvalue weighted by Crippen LogP contribution is -1.88. The highest BCUT2D eigenvalue weighted by atomic mass is 16.3. The Morgan fingerprint density at radius 2 is 1.87 bits per heavy atom. The smallest absolute Gasteiger partial charge is 0.267 e. The Bertz CT molecular complexity index is 273. The first kappa shape index (κ1) is 12.0. The summed E-state index contributed by atoms with van der Waals surface area (Å²) in [5.74, 6) is -0.0499. The molecule has 0 spiro atoms. The Kier molecular flexibility index (Phi) is 5.83. The number of unbranched alkanes of at least 4 members (excludes halogenated alkanes) is 5. The second kappa shape index (κ2) is 7.27. The van der Waals surface area contributed by atoms with Crippen LogP contribution in [0.4, 0.5) is 0 Å². The molecule has 1 radical (unpaired) electrons. The maximum absolute atomic E-state index is 11.3. The van der Waals surface area contributed by atoms with Crippen molar-refractivity contribution in [2.24, 2.45) is 0 Å². The van der Waals surface area contributed by atoms with E-state index in [2.05, 4.69) is 11.9 Å². The van der Waals surface area contributed by atoms with Gasteiger partial charge < -0.3 is 0 Å². The third-order valence-corrected chi connectivity index (χ3v) is 2.65. The molecule has 1 rings (SSSR count). The summed E-state index contributed by atoms with van der Waals surface area (Å²) in [6, 6.07) is 3.73. The van der Waals surface area contributed by atoms with Crippen LogP contribution in [0, 0.1) is 0 Å². The van der Waals surface area contributed by atoms with Gasteiger partial charge in [-0.05, 0) is 18.9 Å². The predicted octanol–water partition coefficient (Wildman–Crippen LogP) is 4.13. The SMILES string of the molecule is CCCCCCCCc1cccnc1[O]. The Balaban J connectivity index is 2.12. The van der Waals surface area contributed by atoms with Gasteiger partial charge in [-0.25, -0.2) is 4.98 Å². The minimum absolute atomic E-state index is 0.0499. The highest BCUT2D eigenvalue weighted by Crippen LogP contribution is 2.16. The molecule has 15 heavy (non-hydrogen) atoms. The molecule has 0 aliphatic heterocycles. The second-order valence-electron chi connectivity index (χ2n) is 3.99. The summed E-state index contributed by atoms with van der Waals surface area (Å²) >= 11 is 0. The molecule has 0 atom stereocenters. The van der Waals surface area contributed by atoms with Crippen LogP contribution in [0.15, 0.2) is 18.3 Å². The third kappa shape index (κ3) is 4.82. The van der Waals surface area contributed by atoms with Crippen molar-refractivity contribution in [3.05, 3.63) is 23.9 Å². The van der Waals surface area contributed by atoms with Crippen molar-refractivity contribution >= 4 is 0 Å². The van der Waals surface area contributed by atoms with E-state index >= 15 is 0 Å². The van der Waals surface area contributed by atoms with E-state index in [0.717, 1.165) is 18.4 Å². The van der Waals surface area contributed by atoms with E-state index in [1.807, 2.05) is 12.1 Å². The molecule has 0 bridgehead atoms. The van der Waals surface area contributed by atoms with Crippen LogP contribution in [0.3, 0.4) is 0 Å². The summed E-state index contributed by atoms with van der Waals surface area (Å²) in [6.07, 6.45) is 10.0. The molecule has 2 heteroatoms. The Morgan fingerprint density at radius 3 is 2.60 bits per heavy atom.